The molecule has 2 rings (SSSR count). The zero-order chi connectivity index (χ0) is 23.0. The second kappa shape index (κ2) is 8.43. The Morgan fingerprint density at radius 3 is 1.83 bits per heavy atom. The molecule has 0 radical (unpaired) electrons. The van der Waals surface area contributed by atoms with Gasteiger partial charge in [0.05, 0.1) is 12.2 Å². The van der Waals surface area contributed by atoms with Crippen LogP contribution in [0.2, 0.25) is 0 Å². The maximum absolute atomic E-state index is 13.9. The Morgan fingerprint density at radius 1 is 0.867 bits per heavy atom. The lowest BCUT2D eigenvalue weighted by Crippen LogP contribution is -2.35. The van der Waals surface area contributed by atoms with E-state index in [0.29, 0.717) is 12.1 Å². The molecule has 166 valence electrons. The molecule has 2 aromatic rings. The van der Waals surface area contributed by atoms with Crippen LogP contribution in [-0.2, 0) is 22.7 Å². The van der Waals surface area contributed by atoms with Gasteiger partial charge in [-0.1, -0.05) is 6.07 Å². The quantitative estimate of drug-likeness (QED) is 0.401. The molecule has 0 aliphatic rings. The van der Waals surface area contributed by atoms with Crippen LogP contribution in [0.1, 0.15) is 11.1 Å². The number of hydrogen-bond acceptors (Lipinski definition) is 3. The lowest BCUT2D eigenvalue weighted by atomic mass is 10.1. The van der Waals surface area contributed by atoms with Crippen molar-refractivity contribution in [1.29, 1.82) is 0 Å². The maximum Gasteiger partial charge on any atom is 0.416 e. The van der Waals surface area contributed by atoms with Gasteiger partial charge in [-0.25, -0.2) is 34.8 Å². The van der Waals surface area contributed by atoms with E-state index in [0.717, 1.165) is 0 Å². The van der Waals surface area contributed by atoms with Gasteiger partial charge in [0.25, 0.3) is 0 Å². The van der Waals surface area contributed by atoms with E-state index in [4.69, 9.17) is 5.11 Å². The van der Waals surface area contributed by atoms with Crippen LogP contribution < -0.4 is 0 Å². The van der Waals surface area contributed by atoms with Gasteiger partial charge < -0.3 is 5.11 Å². The second-order valence-electron chi connectivity index (χ2n) is 5.76. The third-order valence-corrected chi connectivity index (χ3v) is 5.71. The summed E-state index contributed by atoms with van der Waals surface area (Å²) in [5.41, 5.74) is -2.54. The number of hydrogen-bond donors (Lipinski definition) is 1. The number of nitrogens with zero attached hydrogens (tertiary/aromatic N) is 1. The number of halogens is 9. The molecule has 0 bridgehead atoms. The molecule has 0 atom stereocenters. The van der Waals surface area contributed by atoms with E-state index >= 15 is 0 Å². The first-order chi connectivity index (χ1) is 13.7. The number of aliphatic hydroxyl groups excluding tert-OH is 1. The van der Waals surface area contributed by atoms with E-state index < -0.39 is 86.8 Å². The predicted octanol–water partition coefficient (Wildman–Crippen LogP) is 3.72. The summed E-state index contributed by atoms with van der Waals surface area (Å²) < 4.78 is 145. The molecule has 0 amide bonds. The van der Waals surface area contributed by atoms with Crippen molar-refractivity contribution in [3.8, 4) is 0 Å². The van der Waals surface area contributed by atoms with Gasteiger partial charge in [0.2, 0.25) is 15.8 Å². The molecule has 0 saturated heterocycles. The van der Waals surface area contributed by atoms with Gasteiger partial charge in [-0.15, -0.1) is 0 Å². The summed E-state index contributed by atoms with van der Waals surface area (Å²) in [6, 6.07) is 1.08. The standard InChI is InChI=1S/C16H10F9NO3S/c17-8-2-1-7(9(5-8)16(23,24)25)6-26(3-4-27)30(28,29)15-13(21)11(19)10(18)12(20)14(15)22/h1-2,5,27H,3-4,6H2. The van der Waals surface area contributed by atoms with Crippen LogP contribution in [0, 0.1) is 34.9 Å². The fraction of sp³-hybridized carbons (Fsp3) is 0.250. The summed E-state index contributed by atoms with van der Waals surface area (Å²) >= 11 is 0. The van der Waals surface area contributed by atoms with Crippen molar-refractivity contribution < 1.29 is 53.0 Å². The van der Waals surface area contributed by atoms with Crippen LogP contribution in [0.5, 0.6) is 0 Å². The molecule has 4 nitrogen and oxygen atoms in total. The second-order valence-corrected chi connectivity index (χ2v) is 7.64. The average molecular weight is 467 g/mol. The molecular weight excluding hydrogens is 457 g/mol. The number of rotatable bonds is 6. The molecule has 0 spiro atoms. The van der Waals surface area contributed by atoms with E-state index in [9.17, 15) is 47.9 Å². The smallest absolute Gasteiger partial charge is 0.395 e. The third-order valence-electron chi connectivity index (χ3n) is 3.84. The molecule has 2 aromatic carbocycles. The Balaban J connectivity index is 2.66. The lowest BCUT2D eigenvalue weighted by Gasteiger charge is -2.24. The monoisotopic (exact) mass is 467 g/mol. The first kappa shape index (κ1) is 24.0. The van der Waals surface area contributed by atoms with Crippen LogP contribution in [0.3, 0.4) is 0 Å². The van der Waals surface area contributed by atoms with Gasteiger partial charge in [-0.05, 0) is 17.7 Å². The summed E-state index contributed by atoms with van der Waals surface area (Å²) in [4.78, 5) is -2.30. The molecular formula is C16H10F9NO3S. The minimum atomic E-state index is -5.64. The Labute approximate surface area is 163 Å². The SMILES string of the molecule is O=S(=O)(c1c(F)c(F)c(F)c(F)c1F)N(CCO)Cc1ccc(F)cc1C(F)(F)F. The van der Waals surface area contributed by atoms with E-state index in [1.54, 1.807) is 0 Å². The first-order valence-corrected chi connectivity index (χ1v) is 9.15. The maximum atomic E-state index is 13.9. The fourth-order valence-electron chi connectivity index (χ4n) is 2.48. The zero-order valence-corrected chi connectivity index (χ0v) is 15.2. The largest absolute Gasteiger partial charge is 0.416 e. The summed E-state index contributed by atoms with van der Waals surface area (Å²) in [6.07, 6.45) is -5.17. The van der Waals surface area contributed by atoms with Crippen molar-refractivity contribution >= 4 is 10.0 Å². The first-order valence-electron chi connectivity index (χ1n) is 7.71. The normalized spacial score (nSPS) is 12.6. The van der Waals surface area contributed by atoms with E-state index in [2.05, 4.69) is 0 Å². The van der Waals surface area contributed by atoms with Gasteiger partial charge in [-0.3, -0.25) is 0 Å². The Morgan fingerprint density at radius 2 is 1.37 bits per heavy atom. The van der Waals surface area contributed by atoms with Crippen molar-refractivity contribution in [2.24, 2.45) is 0 Å². The van der Waals surface area contributed by atoms with E-state index in [-0.39, 0.29) is 10.4 Å². The molecule has 0 saturated carbocycles. The molecule has 0 aromatic heterocycles. The van der Waals surface area contributed by atoms with Crippen LogP contribution in [0.15, 0.2) is 23.1 Å². The van der Waals surface area contributed by atoms with Crippen molar-refractivity contribution in [2.45, 2.75) is 17.6 Å². The van der Waals surface area contributed by atoms with Crippen LogP contribution >= 0.6 is 0 Å². The minimum Gasteiger partial charge on any atom is -0.395 e. The highest BCUT2D eigenvalue weighted by molar-refractivity contribution is 7.89. The van der Waals surface area contributed by atoms with E-state index in [1.165, 1.54) is 0 Å². The fourth-order valence-corrected chi connectivity index (χ4v) is 4.00. The van der Waals surface area contributed by atoms with Crippen LogP contribution in [0.25, 0.3) is 0 Å². The van der Waals surface area contributed by atoms with Gasteiger partial charge >= 0.3 is 6.18 Å². The highest BCUT2D eigenvalue weighted by Gasteiger charge is 2.39. The number of alkyl halides is 3. The topological polar surface area (TPSA) is 57.6 Å². The summed E-state index contributed by atoms with van der Waals surface area (Å²) in [5, 5.41) is 9.01. The summed E-state index contributed by atoms with van der Waals surface area (Å²) in [7, 11) is -5.64. The number of sulfonamides is 1. The van der Waals surface area contributed by atoms with Crippen molar-refractivity contribution in [3.05, 3.63) is 64.2 Å². The molecule has 0 fully saturated rings. The highest BCUT2D eigenvalue weighted by Crippen LogP contribution is 2.35. The van der Waals surface area contributed by atoms with Crippen LogP contribution in [-0.4, -0.2) is 31.0 Å². The molecule has 0 unspecified atom stereocenters. The molecule has 1 N–H and O–H groups in total. The molecule has 30 heavy (non-hydrogen) atoms. The van der Waals surface area contributed by atoms with Crippen LogP contribution in [0.4, 0.5) is 39.5 Å². The van der Waals surface area contributed by atoms with Gasteiger partial charge in [-0.2, -0.15) is 17.5 Å². The Hall–Kier alpha value is -2.32. The number of aliphatic hydroxyl groups is 1. The molecule has 0 heterocycles. The predicted molar refractivity (Wildman–Crippen MR) is 82.3 cm³/mol. The molecule has 0 aliphatic carbocycles. The highest BCUT2D eigenvalue weighted by atomic mass is 32.2. The van der Waals surface area contributed by atoms with E-state index in [1.807, 2.05) is 0 Å². The van der Waals surface area contributed by atoms with Crippen molar-refractivity contribution in [3.63, 3.8) is 0 Å². The summed E-state index contributed by atoms with van der Waals surface area (Å²) in [6.45, 7) is -3.48. The molecule has 14 heteroatoms. The lowest BCUT2D eigenvalue weighted by molar-refractivity contribution is -0.138. The van der Waals surface area contributed by atoms with Gasteiger partial charge in [0, 0.05) is 13.1 Å². The molecule has 0 aliphatic heterocycles. The van der Waals surface area contributed by atoms with Gasteiger partial charge in [0.1, 0.15) is 5.82 Å². The van der Waals surface area contributed by atoms with Crippen molar-refractivity contribution in [1.82, 2.24) is 4.31 Å². The average Bonchev–Trinajstić information content (AvgIpc) is 2.64. The minimum absolute atomic E-state index is 0.0253. The van der Waals surface area contributed by atoms with Crippen molar-refractivity contribution in [2.75, 3.05) is 13.2 Å². The summed E-state index contributed by atoms with van der Waals surface area (Å²) in [5.74, 6) is -14.6. The van der Waals surface area contributed by atoms with Gasteiger partial charge in [0.15, 0.2) is 28.2 Å². The third kappa shape index (κ3) is 4.39. The Bertz CT molecular complexity index is 1040. The number of benzene rings is 2. The zero-order valence-electron chi connectivity index (χ0n) is 14.4. The Kier molecular flexibility index (Phi) is 6.73.